The van der Waals surface area contributed by atoms with E-state index >= 15 is 0 Å². The summed E-state index contributed by atoms with van der Waals surface area (Å²) in [5, 5.41) is 10.5. The molecule has 7 heteroatoms. The van der Waals surface area contributed by atoms with E-state index < -0.39 is 0 Å². The summed E-state index contributed by atoms with van der Waals surface area (Å²) in [6, 6.07) is 12.7. The molecule has 3 rings (SSSR count). The van der Waals surface area contributed by atoms with Crippen LogP contribution in [0.1, 0.15) is 21.8 Å². The Morgan fingerprint density at radius 3 is 2.72 bits per heavy atom. The zero-order valence-corrected chi connectivity index (χ0v) is 14.4. The van der Waals surface area contributed by atoms with Crippen LogP contribution in [0.3, 0.4) is 0 Å². The third-order valence-electron chi connectivity index (χ3n) is 3.51. The molecule has 2 aromatic heterocycles. The van der Waals surface area contributed by atoms with Crippen molar-refractivity contribution in [3.05, 3.63) is 70.7 Å². The lowest BCUT2D eigenvalue weighted by Crippen LogP contribution is -2.26. The number of carbonyl (C=O) groups is 1. The normalized spacial score (nSPS) is 10.5. The van der Waals surface area contributed by atoms with E-state index in [1.54, 1.807) is 24.4 Å². The van der Waals surface area contributed by atoms with Gasteiger partial charge in [-0.2, -0.15) is 0 Å². The number of halogens is 1. The number of hydrogen-bond donors (Lipinski definition) is 2. The molecule has 1 amide bonds. The summed E-state index contributed by atoms with van der Waals surface area (Å²) < 4.78 is 5.00. The van der Waals surface area contributed by atoms with Crippen molar-refractivity contribution in [2.45, 2.75) is 13.3 Å². The van der Waals surface area contributed by atoms with E-state index in [4.69, 9.17) is 16.1 Å². The van der Waals surface area contributed by atoms with Crippen LogP contribution in [0.2, 0.25) is 5.02 Å². The number of nitrogens with zero attached hydrogens (tertiary/aromatic N) is 2. The molecule has 2 N–H and O–H groups in total. The van der Waals surface area contributed by atoms with Crippen LogP contribution in [0, 0.1) is 6.92 Å². The fourth-order valence-electron chi connectivity index (χ4n) is 2.27. The monoisotopic (exact) mass is 356 g/mol. The molecule has 2 heterocycles. The molecule has 3 aromatic rings. The second kappa shape index (κ2) is 7.81. The molecular formula is C18H17ClN4O2. The number of rotatable bonds is 6. The zero-order chi connectivity index (χ0) is 17.6. The molecule has 0 bridgehead atoms. The molecular weight excluding hydrogens is 340 g/mol. The molecule has 1 aromatic carbocycles. The van der Waals surface area contributed by atoms with Gasteiger partial charge in [-0.15, -0.1) is 0 Å². The molecule has 0 aliphatic heterocycles. The van der Waals surface area contributed by atoms with Gasteiger partial charge in [0.1, 0.15) is 11.5 Å². The lowest BCUT2D eigenvalue weighted by Gasteiger charge is -2.07. The molecule has 0 unspecified atom stereocenters. The standard InChI is InChI=1S/C18H17ClN4O2/c1-12-10-17(23-25-12)22-15-7-9-20-16(11-15)18(24)21-8-6-13-2-4-14(19)5-3-13/h2-5,7,9-11H,6,8H2,1H3,(H,21,24)(H,20,22,23). The van der Waals surface area contributed by atoms with Crippen molar-refractivity contribution in [3.8, 4) is 0 Å². The van der Waals surface area contributed by atoms with Gasteiger partial charge in [0.05, 0.1) is 0 Å². The number of aryl methyl sites for hydroxylation is 1. The number of anilines is 2. The lowest BCUT2D eigenvalue weighted by molar-refractivity contribution is 0.0949. The van der Waals surface area contributed by atoms with Gasteiger partial charge in [0.15, 0.2) is 5.82 Å². The van der Waals surface area contributed by atoms with Crippen molar-refractivity contribution < 1.29 is 9.32 Å². The number of nitrogens with one attached hydrogen (secondary N) is 2. The van der Waals surface area contributed by atoms with Crippen LogP contribution >= 0.6 is 11.6 Å². The highest BCUT2D eigenvalue weighted by Crippen LogP contribution is 2.16. The van der Waals surface area contributed by atoms with E-state index in [2.05, 4.69) is 20.8 Å². The first-order valence-electron chi connectivity index (χ1n) is 7.79. The van der Waals surface area contributed by atoms with Crippen molar-refractivity contribution >= 4 is 29.0 Å². The van der Waals surface area contributed by atoms with Gasteiger partial charge in [-0.1, -0.05) is 28.9 Å². The summed E-state index contributed by atoms with van der Waals surface area (Å²) in [6.07, 6.45) is 2.29. The first kappa shape index (κ1) is 17.0. The first-order valence-corrected chi connectivity index (χ1v) is 8.17. The molecule has 25 heavy (non-hydrogen) atoms. The predicted molar refractivity (Wildman–Crippen MR) is 96.2 cm³/mol. The first-order chi connectivity index (χ1) is 12.1. The minimum atomic E-state index is -0.228. The quantitative estimate of drug-likeness (QED) is 0.703. The van der Waals surface area contributed by atoms with Crippen LogP contribution in [0.4, 0.5) is 11.5 Å². The van der Waals surface area contributed by atoms with E-state index in [1.807, 2.05) is 31.2 Å². The van der Waals surface area contributed by atoms with Crippen molar-refractivity contribution in [3.63, 3.8) is 0 Å². The number of benzene rings is 1. The zero-order valence-electron chi connectivity index (χ0n) is 13.6. The Bertz CT molecular complexity index is 862. The number of hydrogen-bond acceptors (Lipinski definition) is 5. The average Bonchev–Trinajstić information content (AvgIpc) is 3.01. The summed E-state index contributed by atoms with van der Waals surface area (Å²) >= 11 is 5.86. The van der Waals surface area contributed by atoms with Gasteiger partial charge in [0, 0.05) is 29.5 Å². The molecule has 0 fully saturated rings. The Morgan fingerprint density at radius 1 is 1.20 bits per heavy atom. The number of amides is 1. The Kier molecular flexibility index (Phi) is 5.30. The van der Waals surface area contributed by atoms with Gasteiger partial charge in [-0.3, -0.25) is 9.78 Å². The average molecular weight is 357 g/mol. The summed E-state index contributed by atoms with van der Waals surface area (Å²) in [5.41, 5.74) is 2.15. The second-order valence-electron chi connectivity index (χ2n) is 5.51. The summed E-state index contributed by atoms with van der Waals surface area (Å²) in [5.74, 6) is 1.06. The maximum atomic E-state index is 12.2. The van der Waals surface area contributed by atoms with Crippen molar-refractivity contribution in [2.75, 3.05) is 11.9 Å². The maximum Gasteiger partial charge on any atom is 0.269 e. The van der Waals surface area contributed by atoms with Crippen LogP contribution in [0.15, 0.2) is 53.2 Å². The van der Waals surface area contributed by atoms with Crippen LogP contribution < -0.4 is 10.6 Å². The maximum absolute atomic E-state index is 12.2. The second-order valence-corrected chi connectivity index (χ2v) is 5.95. The van der Waals surface area contributed by atoms with Crippen molar-refractivity contribution in [2.24, 2.45) is 0 Å². The Morgan fingerprint density at radius 2 is 2.00 bits per heavy atom. The molecule has 0 saturated heterocycles. The van der Waals surface area contributed by atoms with Crippen LogP contribution in [-0.4, -0.2) is 22.6 Å². The highest BCUT2D eigenvalue weighted by Gasteiger charge is 2.08. The molecule has 0 radical (unpaired) electrons. The third-order valence-corrected chi connectivity index (χ3v) is 3.76. The van der Waals surface area contributed by atoms with E-state index in [0.717, 1.165) is 12.0 Å². The molecule has 6 nitrogen and oxygen atoms in total. The third kappa shape index (κ3) is 4.81. The van der Waals surface area contributed by atoms with Crippen molar-refractivity contribution in [1.29, 1.82) is 0 Å². The smallest absolute Gasteiger partial charge is 0.269 e. The molecule has 0 saturated carbocycles. The number of carbonyl (C=O) groups excluding carboxylic acids is 1. The lowest BCUT2D eigenvalue weighted by atomic mass is 10.1. The fourth-order valence-corrected chi connectivity index (χ4v) is 2.39. The largest absolute Gasteiger partial charge is 0.360 e. The van der Waals surface area contributed by atoms with Crippen LogP contribution in [0.25, 0.3) is 0 Å². The molecule has 0 aliphatic carbocycles. The SMILES string of the molecule is Cc1cc(Nc2ccnc(C(=O)NCCc3ccc(Cl)cc3)c2)no1. The highest BCUT2D eigenvalue weighted by atomic mass is 35.5. The van der Waals surface area contributed by atoms with Gasteiger partial charge >= 0.3 is 0 Å². The topological polar surface area (TPSA) is 80.0 Å². The van der Waals surface area contributed by atoms with Gasteiger partial charge in [0.2, 0.25) is 0 Å². The Hall–Kier alpha value is -2.86. The summed E-state index contributed by atoms with van der Waals surface area (Å²) in [7, 11) is 0. The number of aromatic nitrogens is 2. The fraction of sp³-hybridized carbons (Fsp3) is 0.167. The minimum absolute atomic E-state index is 0.228. The van der Waals surface area contributed by atoms with E-state index in [-0.39, 0.29) is 5.91 Å². The van der Waals surface area contributed by atoms with E-state index in [9.17, 15) is 4.79 Å². The van der Waals surface area contributed by atoms with Crippen LogP contribution in [-0.2, 0) is 6.42 Å². The Labute approximate surface area is 150 Å². The molecule has 0 aliphatic rings. The molecule has 128 valence electrons. The summed E-state index contributed by atoms with van der Waals surface area (Å²) in [6.45, 7) is 2.33. The molecule has 0 spiro atoms. The summed E-state index contributed by atoms with van der Waals surface area (Å²) in [4.78, 5) is 16.4. The van der Waals surface area contributed by atoms with E-state index in [0.29, 0.717) is 34.5 Å². The van der Waals surface area contributed by atoms with Crippen LogP contribution in [0.5, 0.6) is 0 Å². The van der Waals surface area contributed by atoms with E-state index in [1.165, 1.54) is 0 Å². The highest BCUT2D eigenvalue weighted by molar-refractivity contribution is 6.30. The van der Waals surface area contributed by atoms with Gasteiger partial charge in [0.25, 0.3) is 5.91 Å². The van der Waals surface area contributed by atoms with Gasteiger partial charge in [-0.25, -0.2) is 0 Å². The van der Waals surface area contributed by atoms with Gasteiger partial charge < -0.3 is 15.2 Å². The minimum Gasteiger partial charge on any atom is -0.360 e. The Balaban J connectivity index is 1.56. The number of pyridine rings is 1. The molecule has 0 atom stereocenters. The van der Waals surface area contributed by atoms with Gasteiger partial charge in [-0.05, 0) is 43.2 Å². The van der Waals surface area contributed by atoms with Crippen molar-refractivity contribution in [1.82, 2.24) is 15.5 Å². The predicted octanol–water partition coefficient (Wildman–Crippen LogP) is 3.75.